The van der Waals surface area contributed by atoms with E-state index in [0.29, 0.717) is 11.6 Å². The molecule has 0 spiro atoms. The van der Waals surface area contributed by atoms with Crippen LogP contribution in [-0.4, -0.2) is 17.4 Å². The summed E-state index contributed by atoms with van der Waals surface area (Å²) < 4.78 is 5.19. The first kappa shape index (κ1) is 17.1. The van der Waals surface area contributed by atoms with Gasteiger partial charge in [-0.2, -0.15) is 0 Å². The molecule has 23 heavy (non-hydrogen) atoms. The van der Waals surface area contributed by atoms with Crippen LogP contribution in [0.5, 0.6) is 5.75 Å². The fraction of sp³-hybridized carbons (Fsp3) is 0.133. The first-order valence-electron chi connectivity index (χ1n) is 6.53. The van der Waals surface area contributed by atoms with Crippen molar-refractivity contribution in [2.45, 2.75) is 6.54 Å². The first-order valence-corrected chi connectivity index (χ1v) is 7.29. The Kier molecular flexibility index (Phi) is 5.78. The first-order chi connectivity index (χ1) is 11.0. The van der Waals surface area contributed by atoms with Crippen LogP contribution in [0.1, 0.15) is 5.56 Å². The van der Waals surface area contributed by atoms with Gasteiger partial charge in [-0.15, -0.1) is 0 Å². The number of halogens is 2. The molecule has 0 fully saturated rings. The second-order valence-electron chi connectivity index (χ2n) is 4.56. The van der Waals surface area contributed by atoms with Crippen LogP contribution in [0.3, 0.4) is 0 Å². The minimum Gasteiger partial charge on any atom is -0.477 e. The molecule has 0 aromatic heterocycles. The summed E-state index contributed by atoms with van der Waals surface area (Å²) in [7, 11) is 0. The number of amides is 1. The summed E-state index contributed by atoms with van der Waals surface area (Å²) >= 11 is 11.5. The summed E-state index contributed by atoms with van der Waals surface area (Å²) in [6.45, 7) is -0.0296. The standard InChI is InChI=1S/C15H12Cl2N2O4/c16-11-3-1-10(2-4-11)8-18-15(20)9-23-14-6-5-12(17)7-13(14)19(21)22/h1-7H,8-9H2,(H,18,20). The van der Waals surface area contributed by atoms with Gasteiger partial charge in [-0.3, -0.25) is 14.9 Å². The quantitative estimate of drug-likeness (QED) is 0.634. The number of hydrogen-bond acceptors (Lipinski definition) is 4. The molecule has 0 saturated heterocycles. The summed E-state index contributed by atoms with van der Waals surface area (Å²) in [4.78, 5) is 22.0. The van der Waals surface area contributed by atoms with Crippen molar-refractivity contribution >= 4 is 34.8 Å². The molecule has 0 aliphatic heterocycles. The number of nitro benzene ring substituents is 1. The average molecular weight is 355 g/mol. The molecule has 0 atom stereocenters. The van der Waals surface area contributed by atoms with Crippen LogP contribution in [0.15, 0.2) is 42.5 Å². The molecular formula is C15H12Cl2N2O4. The molecule has 0 aliphatic carbocycles. The topological polar surface area (TPSA) is 81.5 Å². The average Bonchev–Trinajstić information content (AvgIpc) is 2.53. The Balaban J connectivity index is 1.89. The van der Waals surface area contributed by atoms with Crippen molar-refractivity contribution in [2.75, 3.05) is 6.61 Å². The highest BCUT2D eigenvalue weighted by Gasteiger charge is 2.16. The minimum atomic E-state index is -0.618. The monoisotopic (exact) mass is 354 g/mol. The smallest absolute Gasteiger partial charge is 0.312 e. The number of benzene rings is 2. The zero-order valence-electron chi connectivity index (χ0n) is 11.8. The van der Waals surface area contributed by atoms with Crippen molar-refractivity contribution in [3.63, 3.8) is 0 Å². The van der Waals surface area contributed by atoms with E-state index in [-0.39, 0.29) is 23.1 Å². The Hall–Kier alpha value is -2.31. The maximum atomic E-state index is 11.7. The highest BCUT2D eigenvalue weighted by atomic mass is 35.5. The predicted octanol–water partition coefficient (Wildman–Crippen LogP) is 3.60. The number of nitrogens with zero attached hydrogens (tertiary/aromatic N) is 1. The number of rotatable bonds is 6. The number of nitro groups is 1. The van der Waals surface area contributed by atoms with Gasteiger partial charge in [0.1, 0.15) is 0 Å². The summed E-state index contributed by atoms with van der Waals surface area (Å²) in [5, 5.41) is 14.4. The Morgan fingerprint density at radius 1 is 1.13 bits per heavy atom. The Morgan fingerprint density at radius 3 is 2.43 bits per heavy atom. The van der Waals surface area contributed by atoms with Crippen LogP contribution in [0, 0.1) is 10.1 Å². The van der Waals surface area contributed by atoms with E-state index in [4.69, 9.17) is 27.9 Å². The van der Waals surface area contributed by atoms with E-state index in [1.54, 1.807) is 24.3 Å². The molecule has 6 nitrogen and oxygen atoms in total. The van der Waals surface area contributed by atoms with Crippen LogP contribution in [0.25, 0.3) is 0 Å². The van der Waals surface area contributed by atoms with Gasteiger partial charge in [0.05, 0.1) is 4.92 Å². The lowest BCUT2D eigenvalue weighted by molar-refractivity contribution is -0.385. The molecule has 2 rings (SSSR count). The molecule has 0 bridgehead atoms. The lowest BCUT2D eigenvalue weighted by Gasteiger charge is -2.08. The van der Waals surface area contributed by atoms with Crippen molar-refractivity contribution in [3.8, 4) is 5.75 Å². The molecule has 1 amide bonds. The van der Waals surface area contributed by atoms with Crippen molar-refractivity contribution in [1.82, 2.24) is 5.32 Å². The van der Waals surface area contributed by atoms with E-state index < -0.39 is 10.8 Å². The summed E-state index contributed by atoms with van der Waals surface area (Å²) in [6, 6.07) is 11.0. The van der Waals surface area contributed by atoms with Gasteiger partial charge in [0.2, 0.25) is 0 Å². The van der Waals surface area contributed by atoms with Crippen LogP contribution >= 0.6 is 23.2 Å². The van der Waals surface area contributed by atoms with Gasteiger partial charge in [-0.05, 0) is 29.8 Å². The van der Waals surface area contributed by atoms with E-state index >= 15 is 0 Å². The molecule has 120 valence electrons. The summed E-state index contributed by atoms with van der Waals surface area (Å²) in [6.07, 6.45) is 0. The molecule has 8 heteroatoms. The fourth-order valence-corrected chi connectivity index (χ4v) is 2.04. The number of nitrogens with one attached hydrogen (secondary N) is 1. The largest absolute Gasteiger partial charge is 0.477 e. The third-order valence-corrected chi connectivity index (χ3v) is 3.37. The van der Waals surface area contributed by atoms with E-state index in [9.17, 15) is 14.9 Å². The molecule has 0 heterocycles. The van der Waals surface area contributed by atoms with Gasteiger partial charge in [-0.25, -0.2) is 0 Å². The Bertz CT molecular complexity index is 720. The maximum absolute atomic E-state index is 11.7. The molecule has 1 N–H and O–H groups in total. The van der Waals surface area contributed by atoms with Gasteiger partial charge < -0.3 is 10.1 Å². The second kappa shape index (κ2) is 7.80. The molecule has 2 aromatic rings. The van der Waals surface area contributed by atoms with Crippen molar-refractivity contribution in [1.29, 1.82) is 0 Å². The van der Waals surface area contributed by atoms with Crippen LogP contribution < -0.4 is 10.1 Å². The fourth-order valence-electron chi connectivity index (χ4n) is 1.75. The highest BCUT2D eigenvalue weighted by Crippen LogP contribution is 2.29. The number of hydrogen-bond donors (Lipinski definition) is 1. The second-order valence-corrected chi connectivity index (χ2v) is 5.43. The van der Waals surface area contributed by atoms with Crippen LogP contribution in [0.4, 0.5) is 5.69 Å². The number of carbonyl (C=O) groups is 1. The van der Waals surface area contributed by atoms with Crippen molar-refractivity contribution < 1.29 is 14.5 Å². The number of carbonyl (C=O) groups excluding carboxylic acids is 1. The lowest BCUT2D eigenvalue weighted by Crippen LogP contribution is -2.28. The van der Waals surface area contributed by atoms with Crippen LogP contribution in [-0.2, 0) is 11.3 Å². The summed E-state index contributed by atoms with van der Waals surface area (Å²) in [5.74, 6) is -0.412. The highest BCUT2D eigenvalue weighted by molar-refractivity contribution is 6.31. The Morgan fingerprint density at radius 2 is 1.78 bits per heavy atom. The summed E-state index contributed by atoms with van der Waals surface area (Å²) in [5.41, 5.74) is 0.586. The van der Waals surface area contributed by atoms with Gasteiger partial charge in [0, 0.05) is 22.7 Å². The van der Waals surface area contributed by atoms with E-state index in [1.165, 1.54) is 18.2 Å². The zero-order chi connectivity index (χ0) is 16.8. The normalized spacial score (nSPS) is 10.2. The molecule has 0 unspecified atom stereocenters. The molecule has 0 radical (unpaired) electrons. The lowest BCUT2D eigenvalue weighted by atomic mass is 10.2. The van der Waals surface area contributed by atoms with E-state index in [1.807, 2.05) is 0 Å². The van der Waals surface area contributed by atoms with E-state index in [2.05, 4.69) is 5.32 Å². The Labute approximate surface area is 142 Å². The van der Waals surface area contributed by atoms with Gasteiger partial charge >= 0.3 is 5.69 Å². The maximum Gasteiger partial charge on any atom is 0.312 e. The molecule has 2 aromatic carbocycles. The van der Waals surface area contributed by atoms with Gasteiger partial charge in [0.15, 0.2) is 12.4 Å². The van der Waals surface area contributed by atoms with E-state index in [0.717, 1.165) is 5.56 Å². The zero-order valence-corrected chi connectivity index (χ0v) is 13.3. The molecule has 0 saturated carbocycles. The third-order valence-electron chi connectivity index (χ3n) is 2.88. The van der Waals surface area contributed by atoms with Crippen molar-refractivity contribution in [3.05, 3.63) is 68.2 Å². The third kappa shape index (κ3) is 5.12. The van der Waals surface area contributed by atoms with Crippen molar-refractivity contribution in [2.24, 2.45) is 0 Å². The predicted molar refractivity (Wildman–Crippen MR) is 86.9 cm³/mol. The van der Waals surface area contributed by atoms with Gasteiger partial charge in [0.25, 0.3) is 5.91 Å². The van der Waals surface area contributed by atoms with Crippen LogP contribution in [0.2, 0.25) is 10.0 Å². The molecule has 0 aliphatic rings. The molecular weight excluding hydrogens is 343 g/mol. The van der Waals surface area contributed by atoms with Gasteiger partial charge in [-0.1, -0.05) is 35.3 Å². The minimum absolute atomic E-state index is 0.0129. The number of ether oxygens (including phenoxy) is 1. The SMILES string of the molecule is O=C(COc1ccc(Cl)cc1[N+](=O)[O-])NCc1ccc(Cl)cc1.